The number of rotatable bonds is 4. The largest absolute Gasteiger partial charge is 0.355 e. The minimum atomic E-state index is -0.355. The summed E-state index contributed by atoms with van der Waals surface area (Å²) < 4.78 is 1.14. The van der Waals surface area contributed by atoms with Gasteiger partial charge in [-0.2, -0.15) is 0 Å². The van der Waals surface area contributed by atoms with Crippen molar-refractivity contribution in [2.75, 3.05) is 6.54 Å². The maximum Gasteiger partial charge on any atom is 0.224 e. The van der Waals surface area contributed by atoms with Crippen LogP contribution in [-0.4, -0.2) is 18.0 Å². The number of hydrogen-bond donors (Lipinski definition) is 2. The molecule has 0 spiro atoms. The Morgan fingerprint density at radius 3 is 2.61 bits per heavy atom. The number of carbonyl (C=O) groups excluding carboxylic acids is 1. The van der Waals surface area contributed by atoms with Crippen molar-refractivity contribution in [1.82, 2.24) is 5.32 Å². The molecule has 1 aromatic rings. The van der Waals surface area contributed by atoms with E-state index in [2.05, 4.69) is 39.4 Å². The number of nitrogens with two attached hydrogens (primary N) is 1. The number of halogens is 2. The van der Waals surface area contributed by atoms with E-state index in [1.165, 1.54) is 5.56 Å². The SMILES string of the molecule is CC1(N)CCCCC1C(=O)NCC1(c2ccccc2Br)CC1.Cl. The maximum atomic E-state index is 12.6. The fourth-order valence-electron chi connectivity index (χ4n) is 3.75. The van der Waals surface area contributed by atoms with Gasteiger partial charge in [-0.25, -0.2) is 0 Å². The zero-order chi connectivity index (χ0) is 15.8. The van der Waals surface area contributed by atoms with E-state index in [1.54, 1.807) is 0 Å². The summed E-state index contributed by atoms with van der Waals surface area (Å²) in [5, 5.41) is 3.20. The van der Waals surface area contributed by atoms with Crippen LogP contribution in [0.15, 0.2) is 28.7 Å². The lowest BCUT2D eigenvalue weighted by Crippen LogP contribution is -2.53. The van der Waals surface area contributed by atoms with Crippen molar-refractivity contribution < 1.29 is 4.79 Å². The summed E-state index contributed by atoms with van der Waals surface area (Å²) in [7, 11) is 0. The van der Waals surface area contributed by atoms with E-state index in [4.69, 9.17) is 5.73 Å². The third-order valence-electron chi connectivity index (χ3n) is 5.47. The molecule has 1 aromatic carbocycles. The molecule has 0 aromatic heterocycles. The first kappa shape index (κ1) is 18.8. The summed E-state index contributed by atoms with van der Waals surface area (Å²) in [4.78, 5) is 12.6. The average Bonchev–Trinajstić information content (AvgIpc) is 3.26. The monoisotopic (exact) mass is 400 g/mol. The topological polar surface area (TPSA) is 55.1 Å². The smallest absolute Gasteiger partial charge is 0.224 e. The van der Waals surface area contributed by atoms with Crippen LogP contribution in [0.3, 0.4) is 0 Å². The first-order chi connectivity index (χ1) is 10.4. The summed E-state index contributed by atoms with van der Waals surface area (Å²) in [6.07, 6.45) is 6.39. The Morgan fingerprint density at radius 2 is 2.00 bits per heavy atom. The van der Waals surface area contributed by atoms with E-state index in [0.29, 0.717) is 0 Å². The molecule has 2 saturated carbocycles. The zero-order valence-electron chi connectivity index (χ0n) is 13.6. The Hall–Kier alpha value is -0.580. The molecular formula is C18H26BrClN2O. The molecule has 2 aliphatic rings. The van der Waals surface area contributed by atoms with Crippen molar-refractivity contribution in [3.63, 3.8) is 0 Å². The van der Waals surface area contributed by atoms with E-state index >= 15 is 0 Å². The fourth-order valence-corrected chi connectivity index (χ4v) is 4.46. The average molecular weight is 402 g/mol. The summed E-state index contributed by atoms with van der Waals surface area (Å²) in [5.74, 6) is 0.0966. The van der Waals surface area contributed by atoms with Gasteiger partial charge in [-0.3, -0.25) is 4.79 Å². The Kier molecular flexibility index (Phi) is 5.81. The first-order valence-corrected chi connectivity index (χ1v) is 9.06. The van der Waals surface area contributed by atoms with Gasteiger partial charge in [-0.1, -0.05) is 47.0 Å². The molecule has 128 valence electrons. The molecule has 23 heavy (non-hydrogen) atoms. The third kappa shape index (κ3) is 3.92. The minimum absolute atomic E-state index is 0. The van der Waals surface area contributed by atoms with E-state index in [9.17, 15) is 4.79 Å². The number of benzene rings is 1. The molecule has 1 amide bonds. The van der Waals surface area contributed by atoms with Crippen LogP contribution in [0.4, 0.5) is 0 Å². The lowest BCUT2D eigenvalue weighted by molar-refractivity contribution is -0.128. The zero-order valence-corrected chi connectivity index (χ0v) is 16.0. The molecule has 5 heteroatoms. The second-order valence-corrected chi connectivity index (χ2v) is 8.14. The van der Waals surface area contributed by atoms with Crippen molar-refractivity contribution in [1.29, 1.82) is 0 Å². The molecule has 2 unspecified atom stereocenters. The van der Waals surface area contributed by atoms with Gasteiger partial charge >= 0.3 is 0 Å². The number of carbonyl (C=O) groups is 1. The molecule has 2 atom stereocenters. The molecule has 3 rings (SSSR count). The van der Waals surface area contributed by atoms with Crippen LogP contribution < -0.4 is 11.1 Å². The van der Waals surface area contributed by atoms with Crippen molar-refractivity contribution in [3.8, 4) is 0 Å². The predicted octanol–water partition coefficient (Wildman–Crippen LogP) is 3.93. The van der Waals surface area contributed by atoms with Gasteiger partial charge < -0.3 is 11.1 Å². The van der Waals surface area contributed by atoms with E-state index < -0.39 is 0 Å². The van der Waals surface area contributed by atoms with E-state index in [1.807, 2.05) is 13.0 Å². The maximum absolute atomic E-state index is 12.6. The highest BCUT2D eigenvalue weighted by Gasteiger charge is 2.46. The van der Waals surface area contributed by atoms with Gasteiger partial charge in [0, 0.05) is 22.0 Å². The van der Waals surface area contributed by atoms with Crippen molar-refractivity contribution in [2.24, 2.45) is 11.7 Å². The molecule has 2 fully saturated rings. The lowest BCUT2D eigenvalue weighted by Gasteiger charge is -2.37. The molecular weight excluding hydrogens is 376 g/mol. The highest BCUT2D eigenvalue weighted by molar-refractivity contribution is 9.10. The molecule has 2 aliphatic carbocycles. The molecule has 3 N–H and O–H groups in total. The Bertz CT molecular complexity index is 572. The van der Waals surface area contributed by atoms with E-state index in [0.717, 1.165) is 49.5 Å². The molecule has 0 bridgehead atoms. The van der Waals surface area contributed by atoms with Gasteiger partial charge in [0.25, 0.3) is 0 Å². The summed E-state index contributed by atoms with van der Waals surface area (Å²) >= 11 is 3.64. The van der Waals surface area contributed by atoms with Crippen LogP contribution in [-0.2, 0) is 10.2 Å². The van der Waals surface area contributed by atoms with Crippen LogP contribution in [0.5, 0.6) is 0 Å². The van der Waals surface area contributed by atoms with Crippen molar-refractivity contribution >= 4 is 34.2 Å². The normalized spacial score (nSPS) is 28.6. The Morgan fingerprint density at radius 1 is 1.30 bits per heavy atom. The lowest BCUT2D eigenvalue weighted by atomic mass is 9.74. The van der Waals surface area contributed by atoms with Gasteiger partial charge in [0.15, 0.2) is 0 Å². The third-order valence-corrected chi connectivity index (χ3v) is 6.16. The summed E-state index contributed by atoms with van der Waals surface area (Å²) in [5.41, 5.74) is 7.42. The van der Waals surface area contributed by atoms with Gasteiger partial charge in [-0.15, -0.1) is 12.4 Å². The highest BCUT2D eigenvalue weighted by Crippen LogP contribution is 2.50. The van der Waals surface area contributed by atoms with Crippen molar-refractivity contribution in [2.45, 2.75) is 56.4 Å². The number of hydrogen-bond acceptors (Lipinski definition) is 2. The van der Waals surface area contributed by atoms with E-state index in [-0.39, 0.29) is 35.2 Å². The summed E-state index contributed by atoms with van der Waals surface area (Å²) in [6, 6.07) is 8.34. The van der Waals surface area contributed by atoms with Crippen LogP contribution in [0.25, 0.3) is 0 Å². The standard InChI is InChI=1S/C18H25BrN2O.ClH/c1-17(20)9-5-4-7-14(17)16(22)21-12-18(10-11-18)13-6-2-3-8-15(13)19;/h2-3,6,8,14H,4-5,7,9-12,20H2,1H3,(H,21,22);1H. The first-order valence-electron chi connectivity index (χ1n) is 8.26. The van der Waals surface area contributed by atoms with Crippen molar-refractivity contribution in [3.05, 3.63) is 34.3 Å². The number of amides is 1. The van der Waals surface area contributed by atoms with Gasteiger partial charge in [0.1, 0.15) is 0 Å². The quantitative estimate of drug-likeness (QED) is 0.803. The number of nitrogens with one attached hydrogen (secondary N) is 1. The predicted molar refractivity (Wildman–Crippen MR) is 99.9 cm³/mol. The molecule has 0 radical (unpaired) electrons. The van der Waals surface area contributed by atoms with Crippen LogP contribution in [0.2, 0.25) is 0 Å². The fraction of sp³-hybridized carbons (Fsp3) is 0.611. The van der Waals surface area contributed by atoms with Crippen LogP contribution in [0, 0.1) is 5.92 Å². The Balaban J connectivity index is 0.00000192. The highest BCUT2D eigenvalue weighted by atomic mass is 79.9. The molecule has 0 aliphatic heterocycles. The van der Waals surface area contributed by atoms with Gasteiger partial charge in [0.2, 0.25) is 5.91 Å². The molecule has 3 nitrogen and oxygen atoms in total. The molecule has 0 saturated heterocycles. The van der Waals surface area contributed by atoms with Crippen LogP contribution in [0.1, 0.15) is 51.0 Å². The van der Waals surface area contributed by atoms with Gasteiger partial charge in [-0.05, 0) is 44.2 Å². The second kappa shape index (κ2) is 7.12. The molecule has 0 heterocycles. The minimum Gasteiger partial charge on any atom is -0.355 e. The van der Waals surface area contributed by atoms with Crippen LogP contribution >= 0.6 is 28.3 Å². The Labute approximate surface area is 153 Å². The summed E-state index contributed by atoms with van der Waals surface area (Å²) in [6.45, 7) is 2.75. The second-order valence-electron chi connectivity index (χ2n) is 7.28. The van der Waals surface area contributed by atoms with Gasteiger partial charge in [0.05, 0.1) is 5.92 Å².